The number of nitrogens with two attached hydrogens (primary N) is 1. The zero-order valence-corrected chi connectivity index (χ0v) is 18.2. The predicted octanol–water partition coefficient (Wildman–Crippen LogP) is 5.33. The highest BCUT2D eigenvalue weighted by atomic mass is 35.5. The average molecular weight is 463 g/mol. The minimum Gasteiger partial charge on any atom is -0.439 e. The van der Waals surface area contributed by atoms with Gasteiger partial charge in [-0.15, -0.1) is 0 Å². The van der Waals surface area contributed by atoms with Gasteiger partial charge in [-0.25, -0.2) is 18.8 Å². The molecule has 0 aliphatic rings. The molecule has 4 rings (SSSR count). The summed E-state index contributed by atoms with van der Waals surface area (Å²) < 4.78 is 20.0. The average Bonchev–Trinajstić information content (AvgIpc) is 2.85. The molecule has 8 heteroatoms. The molecule has 33 heavy (non-hydrogen) atoms. The third kappa shape index (κ3) is 5.71. The van der Waals surface area contributed by atoms with Gasteiger partial charge in [0.05, 0.1) is 12.2 Å². The first-order valence-electron chi connectivity index (χ1n) is 10.1. The Labute approximate surface area is 195 Å². The molecule has 1 aromatic heterocycles. The van der Waals surface area contributed by atoms with Crippen molar-refractivity contribution in [2.75, 3.05) is 0 Å². The fourth-order valence-corrected chi connectivity index (χ4v) is 3.41. The van der Waals surface area contributed by atoms with Gasteiger partial charge in [-0.1, -0.05) is 42.5 Å². The summed E-state index contributed by atoms with van der Waals surface area (Å²) in [6.07, 6.45) is 1.37. The van der Waals surface area contributed by atoms with E-state index in [1.165, 1.54) is 18.5 Å². The maximum atomic E-state index is 13.1. The van der Waals surface area contributed by atoms with E-state index in [9.17, 15) is 9.18 Å². The quantitative estimate of drug-likeness (QED) is 0.375. The van der Waals surface area contributed by atoms with Crippen molar-refractivity contribution in [3.05, 3.63) is 108 Å². The van der Waals surface area contributed by atoms with E-state index in [1.54, 1.807) is 42.5 Å². The molecule has 166 valence electrons. The zero-order valence-electron chi connectivity index (χ0n) is 17.5. The first-order valence-corrected chi connectivity index (χ1v) is 10.5. The van der Waals surface area contributed by atoms with Crippen LogP contribution < -0.4 is 10.5 Å². The van der Waals surface area contributed by atoms with Crippen LogP contribution in [0.5, 0.6) is 11.6 Å². The second kappa shape index (κ2) is 10.2. The smallest absolute Gasteiger partial charge is 0.268 e. The molecule has 0 bridgehead atoms. The number of amides is 1. The maximum absolute atomic E-state index is 13.1. The predicted molar refractivity (Wildman–Crippen MR) is 124 cm³/mol. The molecule has 0 aliphatic heterocycles. The summed E-state index contributed by atoms with van der Waals surface area (Å²) in [6.45, 7) is 0.477. The lowest BCUT2D eigenvalue weighted by molar-refractivity contribution is 0.0857. The lowest BCUT2D eigenvalue weighted by Crippen LogP contribution is -2.21. The Bertz CT molecular complexity index is 1250. The maximum Gasteiger partial charge on any atom is 0.268 e. The van der Waals surface area contributed by atoms with Crippen molar-refractivity contribution in [2.24, 2.45) is 5.73 Å². The van der Waals surface area contributed by atoms with Crippen LogP contribution >= 0.6 is 11.8 Å². The molecule has 4 aromatic rings. The van der Waals surface area contributed by atoms with Gasteiger partial charge in [0.15, 0.2) is 0 Å². The van der Waals surface area contributed by atoms with E-state index in [1.807, 2.05) is 24.3 Å². The van der Waals surface area contributed by atoms with Crippen LogP contribution in [0.25, 0.3) is 11.1 Å². The molecule has 0 fully saturated rings. The molecule has 0 atom stereocenters. The zero-order chi connectivity index (χ0) is 23.2. The third-order valence-electron chi connectivity index (χ3n) is 4.88. The van der Waals surface area contributed by atoms with Crippen molar-refractivity contribution < 1.29 is 13.9 Å². The standard InChI is InChI=1S/C25H20ClFN4O2/c26-31(15-17-4-6-18(7-5-17)19-8-10-21(27)11-9-19)25(32)20-2-1-3-23(12-20)33-24-13-22(14-28)29-16-30-24/h1-13,16H,14-15,28H2. The van der Waals surface area contributed by atoms with Gasteiger partial charge in [-0.05, 0) is 47.0 Å². The van der Waals surface area contributed by atoms with Crippen LogP contribution in [0.4, 0.5) is 4.39 Å². The van der Waals surface area contributed by atoms with E-state index >= 15 is 0 Å². The highest BCUT2D eigenvalue weighted by molar-refractivity contribution is 6.24. The lowest BCUT2D eigenvalue weighted by Gasteiger charge is -2.15. The Morgan fingerprint density at radius 1 is 0.970 bits per heavy atom. The topological polar surface area (TPSA) is 81.3 Å². The second-order valence-electron chi connectivity index (χ2n) is 7.21. The van der Waals surface area contributed by atoms with Crippen molar-refractivity contribution in [1.29, 1.82) is 0 Å². The van der Waals surface area contributed by atoms with Gasteiger partial charge in [-0.2, -0.15) is 0 Å². The van der Waals surface area contributed by atoms with Crippen LogP contribution in [0.15, 0.2) is 85.2 Å². The highest BCUT2D eigenvalue weighted by Gasteiger charge is 2.15. The van der Waals surface area contributed by atoms with E-state index in [2.05, 4.69) is 9.97 Å². The van der Waals surface area contributed by atoms with E-state index in [0.717, 1.165) is 21.1 Å². The van der Waals surface area contributed by atoms with E-state index in [0.29, 0.717) is 22.9 Å². The van der Waals surface area contributed by atoms with Gasteiger partial charge in [0.2, 0.25) is 5.88 Å². The summed E-state index contributed by atoms with van der Waals surface area (Å²) in [5, 5.41) is 0. The van der Waals surface area contributed by atoms with Crippen LogP contribution in [0.3, 0.4) is 0 Å². The molecule has 3 aromatic carbocycles. The Kier molecular flexibility index (Phi) is 6.92. The molecule has 2 N–H and O–H groups in total. The number of carbonyl (C=O) groups is 1. The van der Waals surface area contributed by atoms with Crippen molar-refractivity contribution in [1.82, 2.24) is 14.4 Å². The molecule has 0 unspecified atom stereocenters. The second-order valence-corrected chi connectivity index (χ2v) is 7.62. The largest absolute Gasteiger partial charge is 0.439 e. The van der Waals surface area contributed by atoms with E-state index < -0.39 is 0 Å². The molecular weight excluding hydrogens is 443 g/mol. The van der Waals surface area contributed by atoms with Gasteiger partial charge < -0.3 is 10.5 Å². The Morgan fingerprint density at radius 2 is 1.67 bits per heavy atom. The summed E-state index contributed by atoms with van der Waals surface area (Å²) in [6, 6.07) is 22.2. The fourth-order valence-electron chi connectivity index (χ4n) is 3.17. The van der Waals surface area contributed by atoms with Crippen LogP contribution in [-0.2, 0) is 13.1 Å². The summed E-state index contributed by atoms with van der Waals surface area (Å²) >= 11 is 6.29. The molecule has 1 amide bonds. The first kappa shape index (κ1) is 22.4. The van der Waals surface area contributed by atoms with Gasteiger partial charge in [0.25, 0.3) is 5.91 Å². The number of nitrogens with zero attached hydrogens (tertiary/aromatic N) is 3. The van der Waals surface area contributed by atoms with E-state index in [-0.39, 0.29) is 24.8 Å². The van der Waals surface area contributed by atoms with Gasteiger partial charge in [0, 0.05) is 30.0 Å². The molecule has 0 spiro atoms. The Balaban J connectivity index is 1.42. The number of carbonyl (C=O) groups excluding carboxylic acids is 1. The van der Waals surface area contributed by atoms with Crippen molar-refractivity contribution in [3.8, 4) is 22.8 Å². The molecule has 1 heterocycles. The molecule has 0 saturated carbocycles. The summed E-state index contributed by atoms with van der Waals surface area (Å²) in [5.41, 5.74) is 9.31. The van der Waals surface area contributed by atoms with Gasteiger partial charge in [-0.3, -0.25) is 4.79 Å². The highest BCUT2D eigenvalue weighted by Crippen LogP contribution is 2.24. The number of benzene rings is 3. The number of halogens is 2. The number of rotatable bonds is 7. The Morgan fingerprint density at radius 3 is 2.36 bits per heavy atom. The molecule has 0 radical (unpaired) electrons. The number of hydrogen-bond acceptors (Lipinski definition) is 5. The van der Waals surface area contributed by atoms with Crippen molar-refractivity contribution >= 4 is 17.7 Å². The number of hydrogen-bond donors (Lipinski definition) is 1. The van der Waals surface area contributed by atoms with Gasteiger partial charge >= 0.3 is 0 Å². The molecule has 6 nitrogen and oxygen atoms in total. The monoisotopic (exact) mass is 462 g/mol. The van der Waals surface area contributed by atoms with Crippen LogP contribution in [0.2, 0.25) is 0 Å². The molecule has 0 aliphatic carbocycles. The third-order valence-corrected chi connectivity index (χ3v) is 5.16. The molecule has 0 saturated heterocycles. The van der Waals surface area contributed by atoms with Crippen molar-refractivity contribution in [3.63, 3.8) is 0 Å². The normalized spacial score (nSPS) is 10.6. The summed E-state index contributed by atoms with van der Waals surface area (Å²) in [5.74, 6) is 0.129. The number of ether oxygens (including phenoxy) is 1. The molecular formula is C25H20ClFN4O2. The SMILES string of the molecule is NCc1cc(Oc2cccc(C(=O)N(Cl)Cc3ccc(-c4ccc(F)cc4)cc3)c2)ncn1. The van der Waals surface area contributed by atoms with Crippen LogP contribution in [-0.4, -0.2) is 20.3 Å². The van der Waals surface area contributed by atoms with E-state index in [4.69, 9.17) is 22.2 Å². The summed E-state index contributed by atoms with van der Waals surface area (Å²) in [7, 11) is 0. The minimum absolute atomic E-state index is 0.209. The lowest BCUT2D eigenvalue weighted by atomic mass is 10.0. The Hall–Kier alpha value is -3.81. The fraction of sp³-hybridized carbons (Fsp3) is 0.0800. The minimum atomic E-state index is -0.366. The van der Waals surface area contributed by atoms with Crippen LogP contribution in [0, 0.1) is 5.82 Å². The van der Waals surface area contributed by atoms with Crippen molar-refractivity contribution in [2.45, 2.75) is 13.1 Å². The van der Waals surface area contributed by atoms with Crippen LogP contribution in [0.1, 0.15) is 21.6 Å². The number of aromatic nitrogens is 2. The summed E-state index contributed by atoms with van der Waals surface area (Å²) in [4.78, 5) is 20.9. The van der Waals surface area contributed by atoms with Gasteiger partial charge in [0.1, 0.15) is 17.9 Å². The first-order chi connectivity index (χ1) is 16.0.